The first-order valence-corrected chi connectivity index (χ1v) is 6.63. The summed E-state index contributed by atoms with van der Waals surface area (Å²) in [5.41, 5.74) is -0.774. The van der Waals surface area contributed by atoms with Gasteiger partial charge in [-0.3, -0.25) is 0 Å². The van der Waals surface area contributed by atoms with Crippen LogP contribution in [0.15, 0.2) is 0 Å². The maximum absolute atomic E-state index is 10.6. The molecule has 0 spiro atoms. The van der Waals surface area contributed by atoms with E-state index in [-0.39, 0.29) is 0 Å². The number of aliphatic hydroxyl groups is 2. The quantitative estimate of drug-likeness (QED) is 0.662. The first-order valence-electron chi connectivity index (χ1n) is 6.63. The van der Waals surface area contributed by atoms with Crippen molar-refractivity contribution in [2.75, 3.05) is 0 Å². The molecule has 3 aliphatic carbocycles. The molecule has 92 valence electrons. The van der Waals surface area contributed by atoms with Crippen molar-refractivity contribution < 1.29 is 10.2 Å². The van der Waals surface area contributed by atoms with Crippen LogP contribution in [0.2, 0.25) is 0 Å². The van der Waals surface area contributed by atoms with Gasteiger partial charge in [0.05, 0.1) is 11.2 Å². The van der Waals surface area contributed by atoms with Crippen molar-refractivity contribution in [3.63, 3.8) is 0 Å². The lowest BCUT2D eigenvalue weighted by Gasteiger charge is -2.42. The number of hydrogen-bond donors (Lipinski definition) is 2. The second-order valence-corrected chi connectivity index (χ2v) is 7.54. The number of hydrogen-bond acceptors (Lipinski definition) is 2. The average molecular weight is 224 g/mol. The molecule has 3 aliphatic rings. The van der Waals surface area contributed by atoms with Crippen LogP contribution in [0.25, 0.3) is 0 Å². The molecular weight excluding hydrogens is 200 g/mol. The Balaban J connectivity index is 2.00. The summed E-state index contributed by atoms with van der Waals surface area (Å²) in [5.74, 6) is 1.88. The van der Waals surface area contributed by atoms with E-state index in [1.807, 2.05) is 13.8 Å². The van der Waals surface area contributed by atoms with Crippen LogP contribution in [0.5, 0.6) is 0 Å². The summed E-state index contributed by atoms with van der Waals surface area (Å²) in [4.78, 5) is 0. The smallest absolute Gasteiger partial charge is 0.0654 e. The third kappa shape index (κ3) is 1.15. The van der Waals surface area contributed by atoms with Crippen molar-refractivity contribution in [1.82, 2.24) is 0 Å². The Morgan fingerprint density at radius 2 is 1.50 bits per heavy atom. The van der Waals surface area contributed by atoms with Crippen molar-refractivity contribution in [3.05, 3.63) is 0 Å². The normalized spacial score (nSPS) is 62.6. The molecule has 6 atom stereocenters. The highest BCUT2D eigenvalue weighted by molar-refractivity contribution is 5.21. The van der Waals surface area contributed by atoms with Gasteiger partial charge in [-0.2, -0.15) is 0 Å². The van der Waals surface area contributed by atoms with Gasteiger partial charge >= 0.3 is 0 Å². The minimum absolute atomic E-state index is 0.311. The highest BCUT2D eigenvalue weighted by atomic mass is 16.3. The van der Waals surface area contributed by atoms with Crippen LogP contribution in [0.1, 0.15) is 47.0 Å². The Kier molecular flexibility index (Phi) is 1.84. The van der Waals surface area contributed by atoms with Gasteiger partial charge in [0.25, 0.3) is 0 Å². The van der Waals surface area contributed by atoms with Crippen molar-refractivity contribution in [1.29, 1.82) is 0 Å². The largest absolute Gasteiger partial charge is 0.390 e. The summed E-state index contributed by atoms with van der Waals surface area (Å²) in [5, 5.41) is 21.1. The Labute approximate surface area is 98.1 Å². The van der Waals surface area contributed by atoms with Crippen LogP contribution < -0.4 is 0 Å². The molecule has 0 unspecified atom stereocenters. The van der Waals surface area contributed by atoms with Gasteiger partial charge in [-0.25, -0.2) is 0 Å². The zero-order valence-corrected chi connectivity index (χ0v) is 10.8. The first kappa shape index (κ1) is 11.0. The van der Waals surface area contributed by atoms with Crippen LogP contribution in [0.3, 0.4) is 0 Å². The molecule has 3 saturated carbocycles. The fraction of sp³-hybridized carbons (Fsp3) is 1.00. The zero-order chi connectivity index (χ0) is 11.9. The molecule has 0 amide bonds. The van der Waals surface area contributed by atoms with Gasteiger partial charge in [-0.15, -0.1) is 0 Å². The van der Waals surface area contributed by atoms with Gasteiger partial charge in [0, 0.05) is 0 Å². The van der Waals surface area contributed by atoms with Crippen LogP contribution >= 0.6 is 0 Å². The summed E-state index contributed by atoms with van der Waals surface area (Å²) >= 11 is 0. The predicted molar refractivity (Wildman–Crippen MR) is 62.8 cm³/mol. The van der Waals surface area contributed by atoms with E-state index in [2.05, 4.69) is 13.8 Å². The Morgan fingerprint density at radius 3 is 2.12 bits per heavy atom. The predicted octanol–water partition coefficient (Wildman–Crippen LogP) is 2.19. The third-order valence-electron chi connectivity index (χ3n) is 6.07. The molecule has 0 radical (unpaired) electrons. The SMILES string of the molecule is CC1(C)[C@H]2[C@H]3[C@@H](CC[C@]3(C)O)[C@@](C)(O)C[C@H]21. The first-order chi connectivity index (χ1) is 7.18. The maximum atomic E-state index is 10.6. The molecule has 0 aromatic carbocycles. The Bertz CT molecular complexity index is 330. The lowest BCUT2D eigenvalue weighted by atomic mass is 9.68. The maximum Gasteiger partial charge on any atom is 0.0654 e. The Hall–Kier alpha value is -0.0800. The highest BCUT2D eigenvalue weighted by Gasteiger charge is 2.72. The molecule has 0 bridgehead atoms. The van der Waals surface area contributed by atoms with E-state index in [1.54, 1.807) is 0 Å². The van der Waals surface area contributed by atoms with E-state index >= 15 is 0 Å². The van der Waals surface area contributed by atoms with E-state index < -0.39 is 11.2 Å². The van der Waals surface area contributed by atoms with Gasteiger partial charge < -0.3 is 10.2 Å². The summed E-state index contributed by atoms with van der Waals surface area (Å²) in [6, 6.07) is 0. The molecule has 0 aliphatic heterocycles. The van der Waals surface area contributed by atoms with Gasteiger partial charge in [0.1, 0.15) is 0 Å². The lowest BCUT2D eigenvalue weighted by molar-refractivity contribution is -0.0921. The van der Waals surface area contributed by atoms with Crippen LogP contribution in [0.4, 0.5) is 0 Å². The summed E-state index contributed by atoms with van der Waals surface area (Å²) in [6.45, 7) is 8.56. The minimum atomic E-state index is -0.555. The number of fused-ring (bicyclic) bond motifs is 3. The standard InChI is InChI=1S/C14H24O2/c1-12(2)9-7-14(4,16)8-5-6-13(3,15)11(8)10(9)12/h8-11,15-16H,5-7H2,1-4H3/t8-,9-,10-,11-,13+,14+/m1/s1. The zero-order valence-electron chi connectivity index (χ0n) is 10.8. The molecule has 2 nitrogen and oxygen atoms in total. The summed E-state index contributed by atoms with van der Waals surface area (Å²) in [6.07, 6.45) is 2.78. The van der Waals surface area contributed by atoms with Gasteiger partial charge in [-0.05, 0) is 62.2 Å². The van der Waals surface area contributed by atoms with E-state index in [1.165, 1.54) is 0 Å². The monoisotopic (exact) mass is 224 g/mol. The highest BCUT2D eigenvalue weighted by Crippen LogP contribution is 2.73. The van der Waals surface area contributed by atoms with Crippen molar-refractivity contribution in [2.24, 2.45) is 29.1 Å². The molecule has 3 fully saturated rings. The molecule has 0 aromatic heterocycles. The van der Waals surface area contributed by atoms with Gasteiger partial charge in [0.2, 0.25) is 0 Å². The van der Waals surface area contributed by atoms with Gasteiger partial charge in [-0.1, -0.05) is 13.8 Å². The van der Waals surface area contributed by atoms with E-state index in [0.717, 1.165) is 19.3 Å². The second-order valence-electron chi connectivity index (χ2n) is 7.54. The Morgan fingerprint density at radius 1 is 0.875 bits per heavy atom. The van der Waals surface area contributed by atoms with Crippen LogP contribution in [0, 0.1) is 29.1 Å². The topological polar surface area (TPSA) is 40.5 Å². The number of rotatable bonds is 0. The van der Waals surface area contributed by atoms with E-state index in [9.17, 15) is 10.2 Å². The molecule has 2 heteroatoms. The third-order valence-corrected chi connectivity index (χ3v) is 6.07. The molecule has 0 heterocycles. The molecule has 2 N–H and O–H groups in total. The van der Waals surface area contributed by atoms with E-state index in [0.29, 0.717) is 29.1 Å². The van der Waals surface area contributed by atoms with Crippen molar-refractivity contribution in [3.8, 4) is 0 Å². The minimum Gasteiger partial charge on any atom is -0.390 e. The molecule has 16 heavy (non-hydrogen) atoms. The fourth-order valence-corrected chi connectivity index (χ4v) is 5.05. The molecule has 0 saturated heterocycles. The summed E-state index contributed by atoms with van der Waals surface area (Å²) < 4.78 is 0. The van der Waals surface area contributed by atoms with Gasteiger partial charge in [0.15, 0.2) is 0 Å². The van der Waals surface area contributed by atoms with Crippen molar-refractivity contribution in [2.45, 2.75) is 58.2 Å². The van der Waals surface area contributed by atoms with Crippen LogP contribution in [-0.2, 0) is 0 Å². The average Bonchev–Trinajstić information content (AvgIpc) is 2.49. The fourth-order valence-electron chi connectivity index (χ4n) is 5.05. The molecule has 3 rings (SSSR count). The van der Waals surface area contributed by atoms with Crippen LogP contribution in [-0.4, -0.2) is 21.4 Å². The van der Waals surface area contributed by atoms with E-state index in [4.69, 9.17) is 0 Å². The summed E-state index contributed by atoms with van der Waals surface area (Å²) in [7, 11) is 0. The molecule has 0 aromatic rings. The lowest BCUT2D eigenvalue weighted by Crippen LogP contribution is -2.46. The molecular formula is C14H24O2. The second kappa shape index (κ2) is 2.67. The van der Waals surface area contributed by atoms with Crippen molar-refractivity contribution >= 4 is 0 Å².